The third kappa shape index (κ3) is 31.4. The van der Waals surface area contributed by atoms with Crippen molar-refractivity contribution in [2.75, 3.05) is 0 Å². The predicted octanol–water partition coefficient (Wildman–Crippen LogP) is -3.47. The Hall–Kier alpha value is 10.1. The first-order chi connectivity index (χ1) is 0. The van der Waals surface area contributed by atoms with Gasteiger partial charge in [0.1, 0.15) is 0 Å². The molecule has 0 atom stereocenters. The van der Waals surface area contributed by atoms with E-state index >= 15 is 0 Å². The molecule has 7 heteroatoms. The fourth-order valence-corrected chi connectivity index (χ4v) is 0. The van der Waals surface area contributed by atoms with Crippen molar-refractivity contribution in [2.24, 2.45) is 0 Å². The molecule has 0 aliphatic rings. The maximum atomic E-state index is 0. The minimum atomic E-state index is 0. The summed E-state index contributed by atoms with van der Waals surface area (Å²) in [6, 6.07) is 0. The van der Waals surface area contributed by atoms with E-state index < -0.39 is 0 Å². The van der Waals surface area contributed by atoms with E-state index in [1.807, 2.05) is 0 Å². The van der Waals surface area contributed by atoms with Crippen molar-refractivity contribution in [3.8, 4) is 0 Å². The zero-order valence-corrected chi connectivity index (χ0v) is 1.22. The van der Waals surface area contributed by atoms with Gasteiger partial charge in [0.25, 0.3) is 0 Å². The van der Waals surface area contributed by atoms with Gasteiger partial charge in [-0.15, -0.1) is 12.4 Å². The Kier molecular flexibility index (Phi) is 223. The molecule has 0 aromatic heterocycles. The van der Waals surface area contributed by atoms with Gasteiger partial charge in [0, 0.05) is 0 Å². The molecule has 0 fully saturated rings. The van der Waals surface area contributed by atoms with Gasteiger partial charge in [0.2, 0.25) is 0 Å². The topological polar surface area (TPSA) is 0 Å². The van der Waals surface area contributed by atoms with Crippen LogP contribution in [0.1, 0.15) is 0 Å². The summed E-state index contributed by atoms with van der Waals surface area (Å²) in [6.07, 6.45) is 0. The molecule has 0 aromatic carbocycles. The first-order valence-electron chi connectivity index (χ1n) is 0. The first-order valence-corrected chi connectivity index (χ1v) is 0. The molecule has 20 valence electrons. The molecule has 0 amide bonds. The first kappa shape index (κ1) is 43.4. The van der Waals surface area contributed by atoms with Gasteiger partial charge in [0.05, 0.1) is 0 Å². The van der Waals surface area contributed by atoms with Crippen LogP contribution in [0, 0.1) is 0 Å². The van der Waals surface area contributed by atoms with Crippen LogP contribution in [-0.2, 0) is 0 Å². The third-order valence-electron chi connectivity index (χ3n) is 0. The summed E-state index contributed by atoms with van der Waals surface area (Å²) in [4.78, 5) is 0. The molecule has 0 N–H and O–H groups in total. The van der Waals surface area contributed by atoms with Crippen LogP contribution in [0.4, 0.5) is 0 Å². The quantitative estimate of drug-likeness (QED) is 0.404. The molecule has 0 aliphatic carbocycles. The number of hydrogen-bond donors (Lipinski definition) is 0. The number of rotatable bonds is 0. The van der Waals surface area contributed by atoms with Gasteiger partial charge < -0.3 is 0 Å². The van der Waals surface area contributed by atoms with Crippen LogP contribution < -0.4 is 0 Å². The average molecular weight is 277 g/mol. The second-order valence-electron chi connectivity index (χ2n) is 0. The van der Waals surface area contributed by atoms with Crippen LogP contribution in [0.5, 0.6) is 0 Å². The Morgan fingerprint density at radius 2 is 0.286 bits per heavy atom. The zero-order chi connectivity index (χ0) is 0. The summed E-state index contributed by atoms with van der Waals surface area (Å²) < 4.78 is 0. The van der Waals surface area contributed by atoms with E-state index in [-0.39, 0.29) is 321 Å². The molecule has 7 heavy (non-hydrogen) atoms. The standard InChI is InChI=1S/ClH.6K.6H/h1H;;;;;;;;;;;;. The number of hydrogen-bond acceptors (Lipinski definition) is 0. The van der Waals surface area contributed by atoms with Crippen molar-refractivity contribution in [2.45, 2.75) is 0 Å². The van der Waals surface area contributed by atoms with Crippen LogP contribution in [0.15, 0.2) is 0 Å². The van der Waals surface area contributed by atoms with E-state index in [9.17, 15) is 0 Å². The Morgan fingerprint density at radius 1 is 0.286 bits per heavy atom. The van der Waals surface area contributed by atoms with E-state index in [2.05, 4.69) is 0 Å². The Morgan fingerprint density at radius 3 is 0.286 bits per heavy atom. The van der Waals surface area contributed by atoms with Gasteiger partial charge in [-0.3, -0.25) is 0 Å². The van der Waals surface area contributed by atoms with Crippen molar-refractivity contribution in [1.29, 1.82) is 0 Å². The van der Waals surface area contributed by atoms with Crippen LogP contribution in [-0.4, -0.2) is 308 Å². The van der Waals surface area contributed by atoms with Crippen molar-refractivity contribution in [3.63, 3.8) is 0 Å². The van der Waals surface area contributed by atoms with Crippen LogP contribution >= 0.6 is 12.4 Å². The molecule has 0 nitrogen and oxygen atoms in total. The molecule has 0 heterocycles. The molecule has 0 bridgehead atoms. The van der Waals surface area contributed by atoms with Crippen LogP contribution in [0.3, 0.4) is 0 Å². The van der Waals surface area contributed by atoms with Gasteiger partial charge in [-0.1, -0.05) is 0 Å². The second-order valence-corrected chi connectivity index (χ2v) is 0. The van der Waals surface area contributed by atoms with E-state index in [0.717, 1.165) is 0 Å². The Bertz CT molecular complexity index is 4.14. The van der Waals surface area contributed by atoms with Gasteiger partial charge in [-0.05, 0) is 0 Å². The second kappa shape index (κ2) is 36.0. The molecule has 0 radical (unpaired) electrons. The molecular formula is H7ClK6. The van der Waals surface area contributed by atoms with E-state index in [4.69, 9.17) is 0 Å². The summed E-state index contributed by atoms with van der Waals surface area (Å²) in [6.45, 7) is 0. The molecule has 0 unspecified atom stereocenters. The minimum absolute atomic E-state index is 0. The SMILES string of the molecule is Cl.[KH].[KH].[KH].[KH].[KH].[KH]. The van der Waals surface area contributed by atoms with Gasteiger partial charge in [0.15, 0.2) is 0 Å². The fraction of sp³-hybridized carbons (Fsp3) is 0. The maximum absolute atomic E-state index is 0. The summed E-state index contributed by atoms with van der Waals surface area (Å²) in [5.74, 6) is 0. The summed E-state index contributed by atoms with van der Waals surface area (Å²) >= 11 is 0. The molecular weight excluding hydrogens is 270 g/mol. The molecule has 0 aliphatic heterocycles. The van der Waals surface area contributed by atoms with E-state index in [1.54, 1.807) is 0 Å². The summed E-state index contributed by atoms with van der Waals surface area (Å²) in [7, 11) is 0. The zero-order valence-electron chi connectivity index (χ0n) is 0.408. The Balaban J connectivity index is 0. The monoisotopic (exact) mass is 276 g/mol. The van der Waals surface area contributed by atoms with Crippen molar-refractivity contribution >= 4 is 321 Å². The third-order valence-corrected chi connectivity index (χ3v) is 0. The molecule has 0 aromatic rings. The van der Waals surface area contributed by atoms with Crippen molar-refractivity contribution < 1.29 is 0 Å². The molecule has 0 spiro atoms. The summed E-state index contributed by atoms with van der Waals surface area (Å²) in [5, 5.41) is 0. The Labute approximate surface area is 307 Å². The van der Waals surface area contributed by atoms with E-state index in [1.165, 1.54) is 0 Å². The van der Waals surface area contributed by atoms with E-state index in [0.29, 0.717) is 0 Å². The number of halogens is 1. The molecule has 0 rings (SSSR count). The van der Waals surface area contributed by atoms with Gasteiger partial charge >= 0.3 is 308 Å². The molecule has 0 saturated heterocycles. The fourth-order valence-electron chi connectivity index (χ4n) is 0. The van der Waals surface area contributed by atoms with Gasteiger partial charge in [-0.25, -0.2) is 0 Å². The van der Waals surface area contributed by atoms with Gasteiger partial charge in [-0.2, -0.15) is 0 Å². The summed E-state index contributed by atoms with van der Waals surface area (Å²) in [5.41, 5.74) is 0. The van der Waals surface area contributed by atoms with Crippen LogP contribution in [0.2, 0.25) is 0 Å². The van der Waals surface area contributed by atoms with Crippen molar-refractivity contribution in [1.82, 2.24) is 0 Å². The predicted molar refractivity (Wildman–Crippen MR) is 50.1 cm³/mol. The normalized spacial score (nSPS) is 0. The van der Waals surface area contributed by atoms with Crippen molar-refractivity contribution in [3.05, 3.63) is 0 Å². The average Bonchev–Trinajstić information content (AvgIpc) is 0. The molecule has 0 saturated carbocycles. The van der Waals surface area contributed by atoms with Crippen LogP contribution in [0.25, 0.3) is 0 Å².